The van der Waals surface area contributed by atoms with Crippen LogP contribution in [0.25, 0.3) is 104 Å². The summed E-state index contributed by atoms with van der Waals surface area (Å²) < 4.78 is 21.3. The van der Waals surface area contributed by atoms with E-state index < -0.39 is 0 Å². The fraction of sp³-hybridized carbons (Fsp3) is 0. The number of benzene rings is 7. The van der Waals surface area contributed by atoms with Crippen LogP contribution in [-0.4, -0.2) is 4.57 Å². The van der Waals surface area contributed by atoms with Gasteiger partial charge in [0.1, 0.15) is 33.5 Å². The van der Waals surface area contributed by atoms with E-state index in [0.29, 0.717) is 0 Å². The summed E-state index contributed by atoms with van der Waals surface area (Å²) in [5, 5.41) is 8.96. The Bertz CT molecular complexity index is 2980. The van der Waals surface area contributed by atoms with Gasteiger partial charge in [-0.25, -0.2) is 0 Å². The van der Waals surface area contributed by atoms with E-state index in [0.717, 1.165) is 82.6 Å². The third-order valence-electron chi connectivity index (χ3n) is 9.59. The van der Waals surface area contributed by atoms with Gasteiger partial charge in [0.05, 0.1) is 11.0 Å². The molecule has 0 aliphatic heterocycles. The van der Waals surface area contributed by atoms with Crippen molar-refractivity contribution in [1.29, 1.82) is 0 Å². The summed E-state index contributed by atoms with van der Waals surface area (Å²) in [5.41, 5.74) is 11.0. The zero-order valence-electron chi connectivity index (χ0n) is 24.5. The number of aromatic nitrogens is 1. The molecule has 0 unspecified atom stereocenters. The van der Waals surface area contributed by atoms with Crippen molar-refractivity contribution < 1.29 is 13.3 Å². The van der Waals surface area contributed by atoms with E-state index in [1.54, 1.807) is 0 Å². The molecule has 0 atom stereocenters. The maximum absolute atomic E-state index is 6.46. The van der Waals surface area contributed by atoms with Gasteiger partial charge in [-0.05, 0) is 83.9 Å². The molecule has 0 aliphatic rings. The number of fused-ring (bicyclic) bond motifs is 12. The molecule has 0 bridgehead atoms. The Labute approximate surface area is 261 Å². The van der Waals surface area contributed by atoms with Crippen LogP contribution in [0.3, 0.4) is 0 Å². The second-order valence-electron chi connectivity index (χ2n) is 12.1. The summed E-state index contributed by atoms with van der Waals surface area (Å²) in [5.74, 6) is 0. The molecule has 11 aromatic rings. The standard InChI is InChI=1S/C42H23NO3/c1-4-10-35-27(7-1)28-8-2-5-11-36(28)43(35)26-15-18-40-32(21-26)34-23-41-33(22-42(34)46-40)31-20-25(14-17-39(31)45-41)24-13-16-38-30(19-24)29-9-3-6-12-37(29)44-38/h1-23H. The summed E-state index contributed by atoms with van der Waals surface area (Å²) in [7, 11) is 0. The molecule has 0 spiro atoms. The van der Waals surface area contributed by atoms with Gasteiger partial charge in [0, 0.05) is 48.8 Å². The minimum absolute atomic E-state index is 0.848. The van der Waals surface area contributed by atoms with Crippen molar-refractivity contribution in [3.05, 3.63) is 140 Å². The highest BCUT2D eigenvalue weighted by molar-refractivity contribution is 6.16. The molecule has 7 aromatic carbocycles. The maximum atomic E-state index is 6.46. The van der Waals surface area contributed by atoms with Crippen LogP contribution in [0.5, 0.6) is 0 Å². The van der Waals surface area contributed by atoms with Gasteiger partial charge < -0.3 is 17.8 Å². The lowest BCUT2D eigenvalue weighted by molar-refractivity contribution is 0.664. The molecular weight excluding hydrogens is 566 g/mol. The molecule has 4 nitrogen and oxygen atoms in total. The molecule has 0 saturated heterocycles. The van der Waals surface area contributed by atoms with Crippen molar-refractivity contribution in [2.45, 2.75) is 0 Å². The zero-order valence-corrected chi connectivity index (χ0v) is 24.5. The van der Waals surface area contributed by atoms with Gasteiger partial charge in [-0.15, -0.1) is 0 Å². The van der Waals surface area contributed by atoms with E-state index in [9.17, 15) is 0 Å². The molecule has 0 aliphatic carbocycles. The number of furan rings is 3. The second kappa shape index (κ2) is 8.68. The first-order valence-electron chi connectivity index (χ1n) is 15.5. The predicted molar refractivity (Wildman–Crippen MR) is 188 cm³/mol. The molecule has 4 aromatic heterocycles. The lowest BCUT2D eigenvalue weighted by Gasteiger charge is -2.07. The molecule has 0 N–H and O–H groups in total. The first-order chi connectivity index (χ1) is 22.8. The largest absolute Gasteiger partial charge is 0.456 e. The maximum Gasteiger partial charge on any atom is 0.136 e. The monoisotopic (exact) mass is 589 g/mol. The lowest BCUT2D eigenvalue weighted by Crippen LogP contribution is -1.93. The number of rotatable bonds is 2. The lowest BCUT2D eigenvalue weighted by atomic mass is 10.0. The zero-order chi connectivity index (χ0) is 29.9. The molecule has 4 heterocycles. The summed E-state index contributed by atoms with van der Waals surface area (Å²) in [6, 6.07) is 48.9. The molecule has 0 fully saturated rings. The predicted octanol–water partition coefficient (Wildman–Crippen LogP) is 12.1. The molecular formula is C42H23NO3. The van der Waals surface area contributed by atoms with Crippen LogP contribution in [0.4, 0.5) is 0 Å². The highest BCUT2D eigenvalue weighted by Gasteiger charge is 2.17. The molecule has 11 rings (SSSR count). The van der Waals surface area contributed by atoms with Crippen LogP contribution in [-0.2, 0) is 0 Å². The van der Waals surface area contributed by atoms with Crippen LogP contribution < -0.4 is 0 Å². The van der Waals surface area contributed by atoms with E-state index in [2.05, 4.69) is 132 Å². The average molecular weight is 590 g/mol. The van der Waals surface area contributed by atoms with E-state index in [1.807, 2.05) is 12.1 Å². The fourth-order valence-corrected chi connectivity index (χ4v) is 7.46. The molecule has 0 saturated carbocycles. The molecule has 0 radical (unpaired) electrons. The Kier molecular flexibility index (Phi) is 4.55. The Morgan fingerprint density at radius 2 is 0.739 bits per heavy atom. The first kappa shape index (κ1) is 24.1. The number of hydrogen-bond donors (Lipinski definition) is 0. The van der Waals surface area contributed by atoms with Gasteiger partial charge in [0.15, 0.2) is 0 Å². The second-order valence-corrected chi connectivity index (χ2v) is 12.1. The molecule has 0 amide bonds. The summed E-state index contributed by atoms with van der Waals surface area (Å²) in [4.78, 5) is 0. The van der Waals surface area contributed by atoms with Crippen molar-refractivity contribution in [1.82, 2.24) is 4.57 Å². The van der Waals surface area contributed by atoms with Gasteiger partial charge in [-0.1, -0.05) is 66.7 Å². The third kappa shape index (κ3) is 3.22. The third-order valence-corrected chi connectivity index (χ3v) is 9.59. The fourth-order valence-electron chi connectivity index (χ4n) is 7.46. The SMILES string of the molecule is c1ccc2c(c1)oc1ccc(-c3ccc4oc5cc6c(cc5c4c3)oc3ccc(-n4c5ccccc5c5ccccc54)cc36)cc12. The minimum atomic E-state index is 0.848. The van der Waals surface area contributed by atoms with Crippen molar-refractivity contribution in [2.24, 2.45) is 0 Å². The van der Waals surface area contributed by atoms with Crippen LogP contribution in [0.2, 0.25) is 0 Å². The topological polar surface area (TPSA) is 44.4 Å². The van der Waals surface area contributed by atoms with Crippen molar-refractivity contribution >= 4 is 87.6 Å². The summed E-state index contributed by atoms with van der Waals surface area (Å²) in [6.45, 7) is 0. The minimum Gasteiger partial charge on any atom is -0.456 e. The van der Waals surface area contributed by atoms with Crippen molar-refractivity contribution in [3.8, 4) is 16.8 Å². The van der Waals surface area contributed by atoms with Crippen molar-refractivity contribution in [2.75, 3.05) is 0 Å². The number of para-hydroxylation sites is 3. The number of nitrogens with zero attached hydrogens (tertiary/aromatic N) is 1. The van der Waals surface area contributed by atoms with E-state index in [4.69, 9.17) is 13.3 Å². The van der Waals surface area contributed by atoms with E-state index in [1.165, 1.54) is 21.8 Å². The normalized spacial score (nSPS) is 12.3. The highest BCUT2D eigenvalue weighted by Crippen LogP contribution is 2.40. The first-order valence-corrected chi connectivity index (χ1v) is 15.5. The molecule has 214 valence electrons. The van der Waals surface area contributed by atoms with E-state index in [-0.39, 0.29) is 0 Å². The van der Waals surface area contributed by atoms with Gasteiger partial charge >= 0.3 is 0 Å². The van der Waals surface area contributed by atoms with Crippen LogP contribution in [0, 0.1) is 0 Å². The molecule has 46 heavy (non-hydrogen) atoms. The van der Waals surface area contributed by atoms with Crippen LogP contribution in [0.1, 0.15) is 0 Å². The smallest absolute Gasteiger partial charge is 0.136 e. The van der Waals surface area contributed by atoms with Gasteiger partial charge in [0.25, 0.3) is 0 Å². The van der Waals surface area contributed by atoms with Gasteiger partial charge in [-0.2, -0.15) is 0 Å². The highest BCUT2D eigenvalue weighted by atomic mass is 16.3. The quantitative estimate of drug-likeness (QED) is 0.201. The van der Waals surface area contributed by atoms with Gasteiger partial charge in [-0.3, -0.25) is 0 Å². The van der Waals surface area contributed by atoms with Crippen molar-refractivity contribution in [3.63, 3.8) is 0 Å². The number of hydrogen-bond acceptors (Lipinski definition) is 3. The Morgan fingerprint density at radius 1 is 0.304 bits per heavy atom. The molecule has 4 heteroatoms. The Hall–Kier alpha value is -6.26. The summed E-state index contributed by atoms with van der Waals surface area (Å²) in [6.07, 6.45) is 0. The van der Waals surface area contributed by atoms with E-state index >= 15 is 0 Å². The Morgan fingerprint density at radius 3 is 1.37 bits per heavy atom. The van der Waals surface area contributed by atoms with Crippen LogP contribution >= 0.6 is 0 Å². The van der Waals surface area contributed by atoms with Crippen LogP contribution in [0.15, 0.2) is 153 Å². The summed E-state index contributed by atoms with van der Waals surface area (Å²) >= 11 is 0. The van der Waals surface area contributed by atoms with Gasteiger partial charge in [0.2, 0.25) is 0 Å². The average Bonchev–Trinajstić information content (AvgIpc) is 3.85. The Balaban J connectivity index is 1.09.